The third-order valence-electron chi connectivity index (χ3n) is 2.96. The number of ether oxygens (including phenoxy) is 1. The standard InChI is InChI=1S/C13H17NO4S/c1-2-18-12-5-3-4-10(13(12)15)8-14-11-6-7-19(16,17)9-11/h3-5,8,11,15H,2,6-7,9H2,1H3/t11-/m0/s1. The van der Waals surface area contributed by atoms with Gasteiger partial charge in [0.1, 0.15) is 0 Å². The van der Waals surface area contributed by atoms with Crippen molar-refractivity contribution in [2.75, 3.05) is 18.1 Å². The average Bonchev–Trinajstić information content (AvgIpc) is 2.70. The smallest absolute Gasteiger partial charge is 0.166 e. The molecule has 1 aromatic carbocycles. The zero-order chi connectivity index (χ0) is 13.9. The lowest BCUT2D eigenvalue weighted by Gasteiger charge is -2.07. The Balaban J connectivity index is 2.13. The summed E-state index contributed by atoms with van der Waals surface area (Å²) >= 11 is 0. The maximum Gasteiger partial charge on any atom is 0.166 e. The molecule has 1 aliphatic heterocycles. The van der Waals surface area contributed by atoms with Crippen molar-refractivity contribution in [3.63, 3.8) is 0 Å². The Morgan fingerprint density at radius 3 is 2.95 bits per heavy atom. The van der Waals surface area contributed by atoms with Crippen molar-refractivity contribution in [1.29, 1.82) is 0 Å². The number of sulfone groups is 1. The lowest BCUT2D eigenvalue weighted by Crippen LogP contribution is -2.07. The number of hydrogen-bond acceptors (Lipinski definition) is 5. The van der Waals surface area contributed by atoms with Gasteiger partial charge >= 0.3 is 0 Å². The quantitative estimate of drug-likeness (QED) is 0.847. The highest BCUT2D eigenvalue weighted by molar-refractivity contribution is 7.91. The average molecular weight is 283 g/mol. The molecule has 1 heterocycles. The number of hydrogen-bond donors (Lipinski definition) is 1. The van der Waals surface area contributed by atoms with Crippen LogP contribution in [0.4, 0.5) is 0 Å². The van der Waals surface area contributed by atoms with E-state index in [1.165, 1.54) is 6.21 Å². The number of nitrogens with zero attached hydrogens (tertiary/aromatic N) is 1. The molecule has 0 unspecified atom stereocenters. The molecule has 2 rings (SSSR count). The van der Waals surface area contributed by atoms with E-state index in [-0.39, 0.29) is 23.3 Å². The van der Waals surface area contributed by atoms with Gasteiger partial charge in [0.25, 0.3) is 0 Å². The van der Waals surface area contributed by atoms with Crippen molar-refractivity contribution in [2.45, 2.75) is 19.4 Å². The Bertz CT molecular complexity index is 580. The zero-order valence-electron chi connectivity index (χ0n) is 10.7. The van der Waals surface area contributed by atoms with Crippen molar-refractivity contribution in [3.05, 3.63) is 23.8 Å². The van der Waals surface area contributed by atoms with Gasteiger partial charge in [0.15, 0.2) is 21.3 Å². The molecule has 1 aromatic rings. The summed E-state index contributed by atoms with van der Waals surface area (Å²) < 4.78 is 27.9. The van der Waals surface area contributed by atoms with Crippen LogP contribution >= 0.6 is 0 Å². The Morgan fingerprint density at radius 1 is 1.53 bits per heavy atom. The number of aliphatic imine (C=N–C) groups is 1. The van der Waals surface area contributed by atoms with E-state index in [9.17, 15) is 13.5 Å². The summed E-state index contributed by atoms with van der Waals surface area (Å²) in [7, 11) is -2.93. The first-order chi connectivity index (χ1) is 9.02. The first-order valence-corrected chi connectivity index (χ1v) is 8.02. The van der Waals surface area contributed by atoms with E-state index in [4.69, 9.17) is 4.74 Å². The topological polar surface area (TPSA) is 76.0 Å². The van der Waals surface area contributed by atoms with Gasteiger partial charge in [-0.15, -0.1) is 0 Å². The second kappa shape index (κ2) is 5.61. The first kappa shape index (κ1) is 13.9. The Hall–Kier alpha value is -1.56. The minimum Gasteiger partial charge on any atom is -0.504 e. The van der Waals surface area contributed by atoms with E-state index in [0.29, 0.717) is 24.3 Å². The van der Waals surface area contributed by atoms with Gasteiger partial charge in [-0.2, -0.15) is 0 Å². The number of para-hydroxylation sites is 1. The molecule has 5 nitrogen and oxygen atoms in total. The van der Waals surface area contributed by atoms with Crippen LogP contribution in [0, 0.1) is 0 Å². The van der Waals surface area contributed by atoms with Crippen molar-refractivity contribution in [1.82, 2.24) is 0 Å². The molecule has 0 aromatic heterocycles. The molecule has 1 N–H and O–H groups in total. The largest absolute Gasteiger partial charge is 0.504 e. The highest BCUT2D eigenvalue weighted by Gasteiger charge is 2.26. The Labute approximate surface area is 112 Å². The third-order valence-corrected chi connectivity index (χ3v) is 4.71. The van der Waals surface area contributed by atoms with Crippen LogP contribution in [0.2, 0.25) is 0 Å². The van der Waals surface area contributed by atoms with E-state index in [0.717, 1.165) is 0 Å². The molecular weight excluding hydrogens is 266 g/mol. The fourth-order valence-electron chi connectivity index (χ4n) is 1.99. The molecule has 0 radical (unpaired) electrons. The second-order valence-corrected chi connectivity index (χ2v) is 6.69. The fraction of sp³-hybridized carbons (Fsp3) is 0.462. The summed E-state index contributed by atoms with van der Waals surface area (Å²) in [5.41, 5.74) is 0.537. The molecule has 19 heavy (non-hydrogen) atoms. The van der Waals surface area contributed by atoms with Gasteiger partial charge in [-0.25, -0.2) is 8.42 Å². The molecule has 0 aliphatic carbocycles. The van der Waals surface area contributed by atoms with Crippen LogP contribution in [0.5, 0.6) is 11.5 Å². The number of aromatic hydroxyl groups is 1. The molecule has 6 heteroatoms. The van der Waals surface area contributed by atoms with Gasteiger partial charge in [-0.3, -0.25) is 4.99 Å². The monoisotopic (exact) mass is 283 g/mol. The van der Waals surface area contributed by atoms with Crippen LogP contribution in [0.1, 0.15) is 18.9 Å². The van der Waals surface area contributed by atoms with Crippen LogP contribution in [-0.4, -0.2) is 43.9 Å². The highest BCUT2D eigenvalue weighted by atomic mass is 32.2. The SMILES string of the molecule is CCOc1cccc(C=N[C@H]2CCS(=O)(=O)C2)c1O. The zero-order valence-corrected chi connectivity index (χ0v) is 11.6. The second-order valence-electron chi connectivity index (χ2n) is 4.46. The van der Waals surface area contributed by atoms with Crippen LogP contribution in [0.25, 0.3) is 0 Å². The summed E-state index contributed by atoms with van der Waals surface area (Å²) in [5.74, 6) is 0.731. The fourth-order valence-corrected chi connectivity index (χ4v) is 3.63. The van der Waals surface area contributed by atoms with E-state index >= 15 is 0 Å². The van der Waals surface area contributed by atoms with Crippen LogP contribution in [0.15, 0.2) is 23.2 Å². The predicted octanol–water partition coefficient (Wildman–Crippen LogP) is 1.40. The summed E-state index contributed by atoms with van der Waals surface area (Å²) in [6.07, 6.45) is 2.06. The molecule has 0 saturated carbocycles. The van der Waals surface area contributed by atoms with E-state index in [1.807, 2.05) is 6.92 Å². The normalized spacial score (nSPS) is 21.8. The molecule has 1 saturated heterocycles. The van der Waals surface area contributed by atoms with Crippen molar-refractivity contribution >= 4 is 16.1 Å². The van der Waals surface area contributed by atoms with Gasteiger partial charge < -0.3 is 9.84 Å². The van der Waals surface area contributed by atoms with Crippen LogP contribution < -0.4 is 4.74 Å². The summed E-state index contributed by atoms with van der Waals surface area (Å²) in [6.45, 7) is 2.30. The summed E-state index contributed by atoms with van der Waals surface area (Å²) in [4.78, 5) is 4.23. The van der Waals surface area contributed by atoms with Gasteiger partial charge in [-0.1, -0.05) is 6.07 Å². The molecule has 0 amide bonds. The molecule has 0 spiro atoms. The van der Waals surface area contributed by atoms with E-state index < -0.39 is 9.84 Å². The predicted molar refractivity (Wildman–Crippen MR) is 73.9 cm³/mol. The Kier molecular flexibility index (Phi) is 4.09. The Morgan fingerprint density at radius 2 is 2.32 bits per heavy atom. The third kappa shape index (κ3) is 3.47. The molecular formula is C13H17NO4S. The van der Waals surface area contributed by atoms with Crippen molar-refractivity contribution in [2.24, 2.45) is 4.99 Å². The lowest BCUT2D eigenvalue weighted by atomic mass is 10.2. The van der Waals surface area contributed by atoms with Crippen LogP contribution in [0.3, 0.4) is 0 Å². The lowest BCUT2D eigenvalue weighted by molar-refractivity contribution is 0.318. The van der Waals surface area contributed by atoms with Crippen molar-refractivity contribution in [3.8, 4) is 11.5 Å². The molecule has 1 aliphatic rings. The molecule has 1 fully saturated rings. The van der Waals surface area contributed by atoms with Gasteiger partial charge in [0, 0.05) is 11.8 Å². The first-order valence-electron chi connectivity index (χ1n) is 6.20. The van der Waals surface area contributed by atoms with Crippen LogP contribution in [-0.2, 0) is 9.84 Å². The summed E-state index contributed by atoms with van der Waals surface area (Å²) in [5, 5.41) is 9.96. The van der Waals surface area contributed by atoms with E-state index in [2.05, 4.69) is 4.99 Å². The van der Waals surface area contributed by atoms with Gasteiger partial charge in [0.2, 0.25) is 0 Å². The highest BCUT2D eigenvalue weighted by Crippen LogP contribution is 2.28. The number of phenols is 1. The number of benzene rings is 1. The molecule has 1 atom stereocenters. The summed E-state index contributed by atoms with van der Waals surface area (Å²) in [6, 6.07) is 4.94. The number of rotatable bonds is 4. The minimum absolute atomic E-state index is 0.0361. The van der Waals surface area contributed by atoms with Crippen molar-refractivity contribution < 1.29 is 18.3 Å². The molecule has 0 bridgehead atoms. The van der Waals surface area contributed by atoms with Gasteiger partial charge in [-0.05, 0) is 25.5 Å². The number of phenolic OH excluding ortho intramolecular Hbond substituents is 1. The van der Waals surface area contributed by atoms with Gasteiger partial charge in [0.05, 0.1) is 24.2 Å². The maximum absolute atomic E-state index is 11.3. The minimum atomic E-state index is -2.93. The maximum atomic E-state index is 11.3. The molecule has 104 valence electrons. The van der Waals surface area contributed by atoms with E-state index in [1.54, 1.807) is 18.2 Å².